The van der Waals surface area contributed by atoms with Gasteiger partial charge in [0.25, 0.3) is 0 Å². The van der Waals surface area contributed by atoms with Gasteiger partial charge in [-0.1, -0.05) is 40.0 Å². The Kier molecular flexibility index (Phi) is 5.70. The summed E-state index contributed by atoms with van der Waals surface area (Å²) in [6.45, 7) is 7.60. The Bertz CT molecular complexity index is 71.1. The summed E-state index contributed by atoms with van der Waals surface area (Å²) in [6, 6.07) is 0. The highest BCUT2D eigenvalue weighted by molar-refractivity contribution is 4.64. The van der Waals surface area contributed by atoms with Gasteiger partial charge in [-0.3, -0.25) is 0 Å². The normalized spacial score (nSPS) is 16.8. The lowest BCUT2D eigenvalue weighted by molar-refractivity contribution is 0.330. The fourth-order valence-electron chi connectivity index (χ4n) is 1.45. The molecule has 0 fully saturated rings. The van der Waals surface area contributed by atoms with Gasteiger partial charge in [-0.25, -0.2) is 0 Å². The van der Waals surface area contributed by atoms with Crippen LogP contribution in [0.1, 0.15) is 40.0 Å². The van der Waals surface area contributed by atoms with Gasteiger partial charge < -0.3 is 5.73 Å². The summed E-state index contributed by atoms with van der Waals surface area (Å²) in [4.78, 5) is 0. The zero-order valence-corrected chi connectivity index (χ0v) is 7.56. The minimum absolute atomic E-state index is 0.713. The lowest BCUT2D eigenvalue weighted by Crippen LogP contribution is -2.19. The van der Waals surface area contributed by atoms with Crippen molar-refractivity contribution in [1.29, 1.82) is 0 Å². The topological polar surface area (TPSA) is 26.0 Å². The van der Waals surface area contributed by atoms with Crippen molar-refractivity contribution in [3.05, 3.63) is 0 Å². The van der Waals surface area contributed by atoms with Crippen molar-refractivity contribution in [3.8, 4) is 0 Å². The number of hydrogen-bond acceptors (Lipinski definition) is 1. The first kappa shape index (κ1) is 9.96. The lowest BCUT2D eigenvalue weighted by Gasteiger charge is -2.19. The molecule has 0 aromatic rings. The monoisotopic (exact) mass is 143 g/mol. The van der Waals surface area contributed by atoms with Crippen LogP contribution in [0, 0.1) is 11.8 Å². The van der Waals surface area contributed by atoms with Gasteiger partial charge in [-0.2, -0.15) is 0 Å². The Morgan fingerprint density at radius 1 is 1.30 bits per heavy atom. The van der Waals surface area contributed by atoms with E-state index in [2.05, 4.69) is 20.8 Å². The van der Waals surface area contributed by atoms with Gasteiger partial charge in [0, 0.05) is 0 Å². The van der Waals surface area contributed by atoms with Crippen LogP contribution in [-0.2, 0) is 0 Å². The molecule has 0 radical (unpaired) electrons. The van der Waals surface area contributed by atoms with E-state index in [4.69, 9.17) is 5.73 Å². The summed E-state index contributed by atoms with van der Waals surface area (Å²) in [5.41, 5.74) is 5.58. The molecule has 1 nitrogen and oxygen atoms in total. The Morgan fingerprint density at radius 2 is 1.90 bits per heavy atom. The standard InChI is InChI=1S/C9H21N/c1-4-6-9(5-2)8(3)7-10/h8-9H,4-7,10H2,1-3H3. The minimum atomic E-state index is 0.713. The third-order valence-electron chi connectivity index (χ3n) is 2.36. The highest BCUT2D eigenvalue weighted by Crippen LogP contribution is 2.19. The summed E-state index contributed by atoms with van der Waals surface area (Å²) >= 11 is 0. The molecule has 2 atom stereocenters. The Hall–Kier alpha value is -0.0400. The van der Waals surface area contributed by atoms with Gasteiger partial charge >= 0.3 is 0 Å². The van der Waals surface area contributed by atoms with E-state index in [9.17, 15) is 0 Å². The number of hydrogen-bond donors (Lipinski definition) is 1. The van der Waals surface area contributed by atoms with Crippen LogP contribution in [0.2, 0.25) is 0 Å². The van der Waals surface area contributed by atoms with Crippen molar-refractivity contribution in [2.75, 3.05) is 6.54 Å². The molecule has 0 aromatic carbocycles. The largest absolute Gasteiger partial charge is 0.330 e. The molecule has 0 spiro atoms. The molecular weight excluding hydrogens is 122 g/mol. The van der Waals surface area contributed by atoms with Crippen molar-refractivity contribution < 1.29 is 0 Å². The van der Waals surface area contributed by atoms with E-state index in [1.165, 1.54) is 19.3 Å². The molecule has 62 valence electrons. The molecule has 1 heteroatoms. The SMILES string of the molecule is CCCC(CC)C(C)CN. The Labute approximate surface area is 65.0 Å². The summed E-state index contributed by atoms with van der Waals surface area (Å²) < 4.78 is 0. The van der Waals surface area contributed by atoms with Crippen molar-refractivity contribution >= 4 is 0 Å². The molecule has 2 N–H and O–H groups in total. The second kappa shape index (κ2) is 5.72. The predicted octanol–water partition coefficient (Wildman–Crippen LogP) is 2.41. The smallest absolute Gasteiger partial charge is 0.00489 e. The van der Waals surface area contributed by atoms with Crippen LogP contribution in [0.25, 0.3) is 0 Å². The fraction of sp³-hybridized carbons (Fsp3) is 1.00. The first-order valence-corrected chi connectivity index (χ1v) is 4.46. The van der Waals surface area contributed by atoms with Gasteiger partial charge in [-0.05, 0) is 18.4 Å². The highest BCUT2D eigenvalue weighted by atomic mass is 14.5. The first-order chi connectivity index (χ1) is 4.76. The zero-order valence-electron chi connectivity index (χ0n) is 7.56. The molecule has 0 amide bonds. The molecule has 0 aromatic heterocycles. The van der Waals surface area contributed by atoms with E-state index in [0.29, 0.717) is 5.92 Å². The molecule has 2 unspecified atom stereocenters. The van der Waals surface area contributed by atoms with Crippen LogP contribution in [0.4, 0.5) is 0 Å². The van der Waals surface area contributed by atoms with Crippen LogP contribution < -0.4 is 5.73 Å². The predicted molar refractivity (Wildman–Crippen MR) is 46.9 cm³/mol. The van der Waals surface area contributed by atoms with E-state index < -0.39 is 0 Å². The first-order valence-electron chi connectivity index (χ1n) is 4.46. The maximum absolute atomic E-state index is 5.58. The van der Waals surface area contributed by atoms with Crippen LogP contribution >= 0.6 is 0 Å². The summed E-state index contributed by atoms with van der Waals surface area (Å²) in [7, 11) is 0. The van der Waals surface area contributed by atoms with Crippen molar-refractivity contribution in [1.82, 2.24) is 0 Å². The summed E-state index contributed by atoms with van der Waals surface area (Å²) in [5, 5.41) is 0. The van der Waals surface area contributed by atoms with Gasteiger partial charge in [0.2, 0.25) is 0 Å². The molecule has 10 heavy (non-hydrogen) atoms. The van der Waals surface area contributed by atoms with Gasteiger partial charge in [0.1, 0.15) is 0 Å². The van der Waals surface area contributed by atoms with Gasteiger partial charge in [-0.15, -0.1) is 0 Å². The van der Waals surface area contributed by atoms with Gasteiger partial charge in [0.05, 0.1) is 0 Å². The van der Waals surface area contributed by atoms with Crippen LogP contribution in [0.15, 0.2) is 0 Å². The van der Waals surface area contributed by atoms with Crippen molar-refractivity contribution in [2.24, 2.45) is 17.6 Å². The van der Waals surface area contributed by atoms with E-state index in [-0.39, 0.29) is 0 Å². The summed E-state index contributed by atoms with van der Waals surface area (Å²) in [5.74, 6) is 1.57. The van der Waals surface area contributed by atoms with E-state index in [1.54, 1.807) is 0 Å². The van der Waals surface area contributed by atoms with E-state index >= 15 is 0 Å². The number of rotatable bonds is 5. The third kappa shape index (κ3) is 3.21. The quantitative estimate of drug-likeness (QED) is 0.628. The molecular formula is C9H21N. The average molecular weight is 143 g/mol. The molecule has 0 aliphatic rings. The molecule has 0 saturated heterocycles. The van der Waals surface area contributed by atoms with Crippen LogP contribution in [0.5, 0.6) is 0 Å². The van der Waals surface area contributed by atoms with E-state index in [0.717, 1.165) is 12.5 Å². The van der Waals surface area contributed by atoms with Gasteiger partial charge in [0.15, 0.2) is 0 Å². The van der Waals surface area contributed by atoms with Crippen LogP contribution in [-0.4, -0.2) is 6.54 Å². The number of nitrogens with two attached hydrogens (primary N) is 1. The maximum Gasteiger partial charge on any atom is -0.00489 e. The van der Waals surface area contributed by atoms with Crippen molar-refractivity contribution in [3.63, 3.8) is 0 Å². The van der Waals surface area contributed by atoms with Crippen LogP contribution in [0.3, 0.4) is 0 Å². The lowest BCUT2D eigenvalue weighted by atomic mass is 9.88. The molecule has 0 saturated carbocycles. The Morgan fingerprint density at radius 3 is 2.20 bits per heavy atom. The Balaban J connectivity index is 3.56. The fourth-order valence-corrected chi connectivity index (χ4v) is 1.45. The second-order valence-corrected chi connectivity index (χ2v) is 3.17. The molecule has 0 rings (SSSR count). The zero-order chi connectivity index (χ0) is 7.98. The molecule has 0 aliphatic carbocycles. The van der Waals surface area contributed by atoms with Crippen molar-refractivity contribution in [2.45, 2.75) is 40.0 Å². The third-order valence-corrected chi connectivity index (χ3v) is 2.36. The molecule has 0 bridgehead atoms. The molecule has 0 aliphatic heterocycles. The second-order valence-electron chi connectivity index (χ2n) is 3.17. The summed E-state index contributed by atoms with van der Waals surface area (Å²) in [6.07, 6.45) is 3.92. The average Bonchev–Trinajstić information content (AvgIpc) is 1.99. The minimum Gasteiger partial charge on any atom is -0.330 e. The maximum atomic E-state index is 5.58. The highest BCUT2D eigenvalue weighted by Gasteiger charge is 2.11. The van der Waals surface area contributed by atoms with E-state index in [1.807, 2.05) is 0 Å². The molecule has 0 heterocycles.